The van der Waals surface area contributed by atoms with Crippen LogP contribution < -0.4 is 5.32 Å². The van der Waals surface area contributed by atoms with Gasteiger partial charge in [0.15, 0.2) is 0 Å². The lowest BCUT2D eigenvalue weighted by atomic mass is 10.0. The van der Waals surface area contributed by atoms with Crippen LogP contribution in [0.25, 0.3) is 0 Å². The van der Waals surface area contributed by atoms with Gasteiger partial charge in [0, 0.05) is 36.2 Å². The molecule has 2 rings (SSSR count). The van der Waals surface area contributed by atoms with E-state index in [9.17, 15) is 9.59 Å². The standard InChI is InChI=1S/C16H21IN2O3/c1-22-11-8-15(20)18-12-6-9-19(10-7-12)16(21)13-4-2-3-5-14(13)17/h2-5,12H,6-11H2,1H3,(H,18,20). The van der Waals surface area contributed by atoms with Crippen molar-refractivity contribution in [3.05, 3.63) is 33.4 Å². The average Bonchev–Trinajstić information content (AvgIpc) is 2.53. The molecule has 2 amide bonds. The number of halogens is 1. The molecule has 1 heterocycles. The zero-order chi connectivity index (χ0) is 15.9. The van der Waals surface area contributed by atoms with Crippen LogP contribution in [0.3, 0.4) is 0 Å². The smallest absolute Gasteiger partial charge is 0.254 e. The summed E-state index contributed by atoms with van der Waals surface area (Å²) in [6, 6.07) is 7.78. The quantitative estimate of drug-likeness (QED) is 0.748. The van der Waals surface area contributed by atoms with Gasteiger partial charge in [-0.3, -0.25) is 9.59 Å². The Balaban J connectivity index is 1.83. The lowest BCUT2D eigenvalue weighted by Crippen LogP contribution is -2.46. The van der Waals surface area contributed by atoms with E-state index in [1.807, 2.05) is 29.2 Å². The summed E-state index contributed by atoms with van der Waals surface area (Å²) in [5, 5.41) is 3.01. The first kappa shape index (κ1) is 17.2. The molecule has 0 aromatic heterocycles. The zero-order valence-electron chi connectivity index (χ0n) is 12.7. The van der Waals surface area contributed by atoms with Gasteiger partial charge in [0.1, 0.15) is 0 Å². The molecule has 0 unspecified atom stereocenters. The Kier molecular flexibility index (Phi) is 6.63. The van der Waals surface area contributed by atoms with Crippen molar-refractivity contribution in [3.8, 4) is 0 Å². The molecule has 1 aromatic rings. The number of likely N-dealkylation sites (tertiary alicyclic amines) is 1. The van der Waals surface area contributed by atoms with Gasteiger partial charge in [0.25, 0.3) is 5.91 Å². The minimum atomic E-state index is 0.0178. The van der Waals surface area contributed by atoms with Crippen molar-refractivity contribution in [1.29, 1.82) is 0 Å². The number of nitrogens with one attached hydrogen (secondary N) is 1. The SMILES string of the molecule is COCCC(=O)NC1CCN(C(=O)c2ccccc2I)CC1. The summed E-state index contributed by atoms with van der Waals surface area (Å²) in [6.45, 7) is 1.80. The largest absolute Gasteiger partial charge is 0.384 e. The predicted octanol–water partition coefficient (Wildman–Crippen LogP) is 2.05. The first-order chi connectivity index (χ1) is 10.6. The fraction of sp³-hybridized carbons (Fsp3) is 0.500. The Bertz CT molecular complexity index is 528. The number of piperidine rings is 1. The first-order valence-electron chi connectivity index (χ1n) is 7.44. The van der Waals surface area contributed by atoms with Gasteiger partial charge in [0.05, 0.1) is 12.2 Å². The Labute approximate surface area is 144 Å². The lowest BCUT2D eigenvalue weighted by molar-refractivity contribution is -0.122. The topological polar surface area (TPSA) is 58.6 Å². The number of nitrogens with zero attached hydrogens (tertiary/aromatic N) is 1. The summed E-state index contributed by atoms with van der Waals surface area (Å²) in [6.07, 6.45) is 1.99. The number of hydrogen-bond acceptors (Lipinski definition) is 3. The molecule has 1 fully saturated rings. The molecule has 0 radical (unpaired) electrons. The van der Waals surface area contributed by atoms with Crippen molar-refractivity contribution in [2.75, 3.05) is 26.8 Å². The summed E-state index contributed by atoms with van der Waals surface area (Å²) in [5.74, 6) is 0.0957. The highest BCUT2D eigenvalue weighted by Crippen LogP contribution is 2.18. The maximum atomic E-state index is 12.5. The van der Waals surface area contributed by atoms with Crippen molar-refractivity contribution in [2.45, 2.75) is 25.3 Å². The van der Waals surface area contributed by atoms with E-state index in [4.69, 9.17) is 4.74 Å². The Morgan fingerprint density at radius 2 is 2.00 bits per heavy atom. The Morgan fingerprint density at radius 1 is 1.32 bits per heavy atom. The van der Waals surface area contributed by atoms with E-state index in [2.05, 4.69) is 27.9 Å². The third-order valence-corrected chi connectivity index (χ3v) is 4.73. The second-order valence-corrected chi connectivity index (χ2v) is 6.52. The number of carbonyl (C=O) groups is 2. The molecule has 0 aliphatic carbocycles. The van der Waals surface area contributed by atoms with Crippen molar-refractivity contribution in [1.82, 2.24) is 10.2 Å². The molecule has 1 saturated heterocycles. The average molecular weight is 416 g/mol. The van der Waals surface area contributed by atoms with E-state index in [1.165, 1.54) is 0 Å². The van der Waals surface area contributed by atoms with Crippen LogP contribution in [-0.4, -0.2) is 49.6 Å². The van der Waals surface area contributed by atoms with E-state index in [1.54, 1.807) is 7.11 Å². The summed E-state index contributed by atoms with van der Waals surface area (Å²) in [4.78, 5) is 26.1. The van der Waals surface area contributed by atoms with Gasteiger partial charge in [-0.15, -0.1) is 0 Å². The van der Waals surface area contributed by atoms with E-state index in [0.29, 0.717) is 26.1 Å². The van der Waals surface area contributed by atoms with Crippen LogP contribution >= 0.6 is 22.6 Å². The number of methoxy groups -OCH3 is 1. The lowest BCUT2D eigenvalue weighted by Gasteiger charge is -2.32. The van der Waals surface area contributed by atoms with Crippen LogP contribution in [0.2, 0.25) is 0 Å². The summed E-state index contributed by atoms with van der Waals surface area (Å²) >= 11 is 2.19. The number of rotatable bonds is 5. The van der Waals surface area contributed by atoms with Crippen LogP contribution in [-0.2, 0) is 9.53 Å². The Hall–Kier alpha value is -1.15. The van der Waals surface area contributed by atoms with Crippen LogP contribution in [0.5, 0.6) is 0 Å². The second kappa shape index (κ2) is 8.47. The molecular weight excluding hydrogens is 395 g/mol. The monoisotopic (exact) mass is 416 g/mol. The minimum Gasteiger partial charge on any atom is -0.384 e. The third-order valence-electron chi connectivity index (χ3n) is 3.78. The highest BCUT2D eigenvalue weighted by molar-refractivity contribution is 14.1. The van der Waals surface area contributed by atoms with Crippen molar-refractivity contribution < 1.29 is 14.3 Å². The maximum Gasteiger partial charge on any atom is 0.254 e. The summed E-state index contributed by atoms with van der Waals surface area (Å²) in [5.41, 5.74) is 0.755. The molecule has 1 aromatic carbocycles. The van der Waals surface area contributed by atoms with Crippen LogP contribution in [0.15, 0.2) is 24.3 Å². The number of hydrogen-bond donors (Lipinski definition) is 1. The Morgan fingerprint density at radius 3 is 2.64 bits per heavy atom. The molecule has 5 nitrogen and oxygen atoms in total. The second-order valence-electron chi connectivity index (χ2n) is 5.36. The third kappa shape index (κ3) is 4.67. The van der Waals surface area contributed by atoms with Gasteiger partial charge in [-0.25, -0.2) is 0 Å². The molecular formula is C16H21IN2O3. The molecule has 6 heteroatoms. The van der Waals surface area contributed by atoms with Crippen molar-refractivity contribution in [3.63, 3.8) is 0 Å². The molecule has 0 atom stereocenters. The molecule has 1 aliphatic heterocycles. The van der Waals surface area contributed by atoms with E-state index in [0.717, 1.165) is 22.0 Å². The van der Waals surface area contributed by atoms with Gasteiger partial charge >= 0.3 is 0 Å². The molecule has 0 saturated carbocycles. The van der Waals surface area contributed by atoms with Gasteiger partial charge in [-0.05, 0) is 47.6 Å². The highest BCUT2D eigenvalue weighted by Gasteiger charge is 2.25. The molecule has 1 N–H and O–H groups in total. The highest BCUT2D eigenvalue weighted by atomic mass is 127. The first-order valence-corrected chi connectivity index (χ1v) is 8.52. The number of benzene rings is 1. The van der Waals surface area contributed by atoms with E-state index < -0.39 is 0 Å². The fourth-order valence-corrected chi connectivity index (χ4v) is 3.14. The number of carbonyl (C=O) groups excluding carboxylic acids is 2. The molecule has 0 spiro atoms. The maximum absolute atomic E-state index is 12.5. The molecule has 1 aliphatic rings. The normalized spacial score (nSPS) is 15.6. The van der Waals surface area contributed by atoms with Gasteiger partial charge in [-0.2, -0.15) is 0 Å². The van der Waals surface area contributed by atoms with Gasteiger partial charge < -0.3 is 15.0 Å². The van der Waals surface area contributed by atoms with Gasteiger partial charge in [-0.1, -0.05) is 12.1 Å². The predicted molar refractivity (Wildman–Crippen MR) is 92.7 cm³/mol. The summed E-state index contributed by atoms with van der Waals surface area (Å²) < 4.78 is 5.87. The van der Waals surface area contributed by atoms with Gasteiger partial charge in [0.2, 0.25) is 5.91 Å². The van der Waals surface area contributed by atoms with Crippen LogP contribution in [0, 0.1) is 3.57 Å². The molecule has 120 valence electrons. The fourth-order valence-electron chi connectivity index (χ4n) is 2.53. The summed E-state index contributed by atoms with van der Waals surface area (Å²) in [7, 11) is 1.59. The number of amides is 2. The molecule has 22 heavy (non-hydrogen) atoms. The van der Waals surface area contributed by atoms with E-state index >= 15 is 0 Å². The van der Waals surface area contributed by atoms with Crippen molar-refractivity contribution in [2.24, 2.45) is 0 Å². The minimum absolute atomic E-state index is 0.0178. The zero-order valence-corrected chi connectivity index (χ0v) is 14.8. The van der Waals surface area contributed by atoms with Crippen LogP contribution in [0.4, 0.5) is 0 Å². The van der Waals surface area contributed by atoms with Crippen molar-refractivity contribution >= 4 is 34.4 Å². The van der Waals surface area contributed by atoms with Crippen LogP contribution in [0.1, 0.15) is 29.6 Å². The molecule has 0 bridgehead atoms. The van der Waals surface area contributed by atoms with E-state index in [-0.39, 0.29) is 17.9 Å². The number of ether oxygens (including phenoxy) is 1.